The molecule has 88 valence electrons. The molecular weight excluding hydrogens is 222 g/mol. The van der Waals surface area contributed by atoms with Crippen LogP contribution in [0.1, 0.15) is 26.3 Å². The Kier molecular flexibility index (Phi) is 3.98. The maximum absolute atomic E-state index is 12.0. The molecule has 1 rings (SSSR count). The summed E-state index contributed by atoms with van der Waals surface area (Å²) in [5, 5.41) is 0.705. The number of nitrogens with zero attached hydrogens (tertiary/aromatic N) is 1. The smallest absolute Gasteiger partial charge is 0.227 e. The van der Waals surface area contributed by atoms with Crippen molar-refractivity contribution in [1.29, 1.82) is 0 Å². The van der Waals surface area contributed by atoms with Gasteiger partial charge >= 0.3 is 0 Å². The van der Waals surface area contributed by atoms with Gasteiger partial charge in [0.05, 0.1) is 0 Å². The van der Waals surface area contributed by atoms with Crippen LogP contribution in [0.4, 0.5) is 0 Å². The molecule has 0 saturated heterocycles. The molecular formula is C13H18ClNO. The predicted octanol–water partition coefficient (Wildman–Crippen LogP) is 3.34. The minimum atomic E-state index is -0.351. The topological polar surface area (TPSA) is 20.3 Å². The highest BCUT2D eigenvalue weighted by molar-refractivity contribution is 6.31. The van der Waals surface area contributed by atoms with Crippen LogP contribution in [0.25, 0.3) is 0 Å². The molecule has 0 saturated carbocycles. The van der Waals surface area contributed by atoms with E-state index in [1.54, 1.807) is 11.9 Å². The van der Waals surface area contributed by atoms with E-state index < -0.39 is 0 Å². The predicted molar refractivity (Wildman–Crippen MR) is 67.4 cm³/mol. The Morgan fingerprint density at radius 2 is 1.88 bits per heavy atom. The van der Waals surface area contributed by atoms with Gasteiger partial charge < -0.3 is 4.90 Å². The van der Waals surface area contributed by atoms with Gasteiger partial charge in [-0.3, -0.25) is 4.79 Å². The molecule has 0 heterocycles. The Balaban J connectivity index is 2.76. The van der Waals surface area contributed by atoms with E-state index in [1.807, 2.05) is 45.0 Å². The highest BCUT2D eigenvalue weighted by atomic mass is 35.5. The van der Waals surface area contributed by atoms with Crippen molar-refractivity contribution in [3.05, 3.63) is 34.9 Å². The second-order valence-corrected chi connectivity index (χ2v) is 5.41. The molecule has 0 bridgehead atoms. The molecule has 0 aliphatic rings. The van der Waals surface area contributed by atoms with Crippen molar-refractivity contribution < 1.29 is 4.79 Å². The largest absolute Gasteiger partial charge is 0.341 e. The molecule has 1 aromatic carbocycles. The summed E-state index contributed by atoms with van der Waals surface area (Å²) in [7, 11) is 1.80. The van der Waals surface area contributed by atoms with Crippen molar-refractivity contribution in [2.24, 2.45) is 5.41 Å². The zero-order chi connectivity index (χ0) is 12.3. The molecule has 0 aliphatic heterocycles. The monoisotopic (exact) mass is 239 g/mol. The van der Waals surface area contributed by atoms with Crippen LogP contribution < -0.4 is 0 Å². The van der Waals surface area contributed by atoms with Crippen molar-refractivity contribution in [3.63, 3.8) is 0 Å². The van der Waals surface area contributed by atoms with Crippen LogP contribution in [0.15, 0.2) is 24.3 Å². The van der Waals surface area contributed by atoms with Crippen molar-refractivity contribution >= 4 is 17.5 Å². The lowest BCUT2D eigenvalue weighted by Gasteiger charge is -2.26. The van der Waals surface area contributed by atoms with Gasteiger partial charge in [0.1, 0.15) is 0 Å². The Morgan fingerprint density at radius 3 is 2.38 bits per heavy atom. The first-order valence-corrected chi connectivity index (χ1v) is 5.69. The van der Waals surface area contributed by atoms with Gasteiger partial charge in [-0.05, 0) is 11.6 Å². The summed E-state index contributed by atoms with van der Waals surface area (Å²) in [6, 6.07) is 7.59. The molecule has 0 spiro atoms. The summed E-state index contributed by atoms with van der Waals surface area (Å²) < 4.78 is 0. The van der Waals surface area contributed by atoms with E-state index in [0.717, 1.165) is 5.56 Å². The quantitative estimate of drug-likeness (QED) is 0.775. The van der Waals surface area contributed by atoms with Gasteiger partial charge in [-0.15, -0.1) is 0 Å². The van der Waals surface area contributed by atoms with Crippen LogP contribution in [-0.4, -0.2) is 17.9 Å². The fourth-order valence-corrected chi connectivity index (χ4v) is 1.72. The normalized spacial score (nSPS) is 11.3. The standard InChI is InChI=1S/C13H18ClNO/c1-13(2,3)12(16)15(4)9-10-7-5-6-8-11(10)14/h5-8H,9H2,1-4H3. The van der Waals surface area contributed by atoms with Crippen molar-refractivity contribution in [1.82, 2.24) is 4.90 Å². The summed E-state index contributed by atoms with van der Waals surface area (Å²) >= 11 is 6.05. The third kappa shape index (κ3) is 3.24. The minimum absolute atomic E-state index is 0.118. The minimum Gasteiger partial charge on any atom is -0.341 e. The van der Waals surface area contributed by atoms with E-state index in [-0.39, 0.29) is 11.3 Å². The molecule has 0 radical (unpaired) electrons. The number of benzene rings is 1. The molecule has 1 aromatic rings. The number of amides is 1. The van der Waals surface area contributed by atoms with Crippen LogP contribution in [0.2, 0.25) is 5.02 Å². The van der Waals surface area contributed by atoms with Gasteiger partial charge in [0.25, 0.3) is 0 Å². The highest BCUT2D eigenvalue weighted by Crippen LogP contribution is 2.21. The van der Waals surface area contributed by atoms with Gasteiger partial charge in [-0.2, -0.15) is 0 Å². The summed E-state index contributed by atoms with van der Waals surface area (Å²) in [6.07, 6.45) is 0. The number of carbonyl (C=O) groups excluding carboxylic acids is 1. The van der Waals surface area contributed by atoms with Crippen molar-refractivity contribution in [2.45, 2.75) is 27.3 Å². The Labute approximate surface area is 102 Å². The lowest BCUT2D eigenvalue weighted by Crippen LogP contribution is -2.36. The van der Waals surface area contributed by atoms with Gasteiger partial charge in [0, 0.05) is 24.0 Å². The molecule has 0 fully saturated rings. The molecule has 0 N–H and O–H groups in total. The number of halogens is 1. The zero-order valence-corrected chi connectivity index (χ0v) is 11.0. The maximum Gasteiger partial charge on any atom is 0.227 e. The third-order valence-corrected chi connectivity index (χ3v) is 2.72. The first kappa shape index (κ1) is 13.0. The Bertz CT molecular complexity index is 382. The SMILES string of the molecule is CN(Cc1ccccc1Cl)C(=O)C(C)(C)C. The van der Waals surface area contributed by atoms with Crippen LogP contribution >= 0.6 is 11.6 Å². The summed E-state index contributed by atoms with van der Waals surface area (Å²) in [4.78, 5) is 13.7. The summed E-state index contributed by atoms with van der Waals surface area (Å²) in [5.41, 5.74) is 0.625. The first-order valence-electron chi connectivity index (χ1n) is 5.31. The van der Waals surface area contributed by atoms with Gasteiger partial charge in [0.15, 0.2) is 0 Å². The van der Waals surface area contributed by atoms with Gasteiger partial charge in [-0.1, -0.05) is 50.6 Å². The number of hydrogen-bond acceptors (Lipinski definition) is 1. The van der Waals surface area contributed by atoms with Crippen LogP contribution in [0.5, 0.6) is 0 Å². The molecule has 3 heteroatoms. The molecule has 0 unspecified atom stereocenters. The third-order valence-electron chi connectivity index (χ3n) is 2.35. The Hall–Kier alpha value is -1.02. The fourth-order valence-electron chi connectivity index (χ4n) is 1.53. The highest BCUT2D eigenvalue weighted by Gasteiger charge is 2.25. The van der Waals surface area contributed by atoms with Crippen LogP contribution in [-0.2, 0) is 11.3 Å². The molecule has 0 atom stereocenters. The maximum atomic E-state index is 12.0. The summed E-state index contributed by atoms with van der Waals surface area (Å²) in [6.45, 7) is 6.30. The van der Waals surface area contributed by atoms with Crippen molar-refractivity contribution in [3.8, 4) is 0 Å². The van der Waals surface area contributed by atoms with Gasteiger partial charge in [0.2, 0.25) is 5.91 Å². The second-order valence-electron chi connectivity index (χ2n) is 5.00. The lowest BCUT2D eigenvalue weighted by atomic mass is 9.95. The molecule has 0 aromatic heterocycles. The van der Waals surface area contributed by atoms with E-state index in [4.69, 9.17) is 11.6 Å². The van der Waals surface area contributed by atoms with Gasteiger partial charge in [-0.25, -0.2) is 0 Å². The van der Waals surface area contributed by atoms with Crippen LogP contribution in [0, 0.1) is 5.41 Å². The number of rotatable bonds is 2. The summed E-state index contributed by atoms with van der Waals surface area (Å²) in [5.74, 6) is 0.118. The van der Waals surface area contributed by atoms with E-state index in [2.05, 4.69) is 0 Å². The first-order chi connectivity index (χ1) is 7.32. The zero-order valence-electron chi connectivity index (χ0n) is 10.2. The molecule has 2 nitrogen and oxygen atoms in total. The average Bonchev–Trinajstić information content (AvgIpc) is 2.19. The molecule has 0 aliphatic carbocycles. The molecule has 16 heavy (non-hydrogen) atoms. The fraction of sp³-hybridized carbons (Fsp3) is 0.462. The average molecular weight is 240 g/mol. The van der Waals surface area contributed by atoms with E-state index >= 15 is 0 Å². The second kappa shape index (κ2) is 4.88. The van der Waals surface area contributed by atoms with Crippen molar-refractivity contribution in [2.75, 3.05) is 7.05 Å². The molecule has 1 amide bonds. The number of carbonyl (C=O) groups is 1. The van der Waals surface area contributed by atoms with E-state index in [0.29, 0.717) is 11.6 Å². The number of hydrogen-bond donors (Lipinski definition) is 0. The van der Waals surface area contributed by atoms with E-state index in [1.165, 1.54) is 0 Å². The lowest BCUT2D eigenvalue weighted by molar-refractivity contribution is -0.138. The van der Waals surface area contributed by atoms with Crippen LogP contribution in [0.3, 0.4) is 0 Å². The van der Waals surface area contributed by atoms with E-state index in [9.17, 15) is 4.79 Å². The Morgan fingerprint density at radius 1 is 1.31 bits per heavy atom.